The van der Waals surface area contributed by atoms with Gasteiger partial charge in [0.05, 0.1) is 22.6 Å². The van der Waals surface area contributed by atoms with Gasteiger partial charge in [-0.1, -0.05) is 35.9 Å². The Kier molecular flexibility index (Phi) is 11.2. The maximum absolute atomic E-state index is 13.0. The number of sulfonamides is 1. The number of alkyl halides is 1. The monoisotopic (exact) mass is 673 g/mol. The number of carbonyl (C=O) groups excluding carboxylic acids is 1. The van der Waals surface area contributed by atoms with Crippen LogP contribution >= 0.6 is 35.1 Å². The number of nitrogens with one attached hydrogen (secondary N) is 4. The summed E-state index contributed by atoms with van der Waals surface area (Å²) in [5.74, 6) is -2.31. The number of aliphatic carboxylic acids is 2. The number of anilines is 1. The summed E-state index contributed by atoms with van der Waals surface area (Å²) in [4.78, 5) is 38.0. The van der Waals surface area contributed by atoms with Gasteiger partial charge in [-0.15, -0.1) is 11.6 Å². The van der Waals surface area contributed by atoms with Crippen LogP contribution in [0.15, 0.2) is 46.2 Å². The number of amides is 1. The smallest absolute Gasteiger partial charge is 0.326 e. The number of hydrogen-bond donors (Lipinski definition) is 6. The number of benzene rings is 2. The van der Waals surface area contributed by atoms with Crippen LogP contribution in [0, 0.1) is 0 Å². The number of hydrogen-bond acceptors (Lipinski definition) is 9. The molecule has 6 N–H and O–H groups in total. The van der Waals surface area contributed by atoms with Gasteiger partial charge in [0.2, 0.25) is 15.9 Å². The number of fused-ring (bicyclic) bond motifs is 1. The number of carboxylic acids is 2. The van der Waals surface area contributed by atoms with Crippen LogP contribution in [0.1, 0.15) is 37.3 Å². The molecule has 12 nitrogen and oxygen atoms in total. The first-order valence-corrected chi connectivity index (χ1v) is 16.8. The molecule has 2 aliphatic rings. The topological polar surface area (TPSA) is 177 Å². The highest BCUT2D eigenvalue weighted by molar-refractivity contribution is 7.97. The van der Waals surface area contributed by atoms with E-state index in [1.165, 1.54) is 29.8 Å². The van der Waals surface area contributed by atoms with Crippen molar-refractivity contribution in [2.45, 2.75) is 73.2 Å². The highest BCUT2D eigenvalue weighted by Crippen LogP contribution is 2.36. The van der Waals surface area contributed by atoms with Crippen LogP contribution in [0.25, 0.3) is 0 Å². The molecule has 1 amide bonds. The standard InChI is InChI=1S/C27H33Cl2N5O7S2/c1-15(25(35)34-10-2-3-21(34)27(38)39)31-19(26(36)37)9-8-16-4-6-17(7-5-16)14-30-43(40,41)23-12-22-20(11-18(23)29)32-24(13-28)33-42-22/h4-7,11-12,15,19,21,24,30-33H,2-3,8-10,13-14H2,1H3,(H,36,37)(H,38,39)/t15?,19-,21-,24-/m0/s1. The van der Waals surface area contributed by atoms with Gasteiger partial charge in [0, 0.05) is 18.0 Å². The molecule has 43 heavy (non-hydrogen) atoms. The SMILES string of the molecule is CC(N[C@@H](CCc1ccc(CNS(=O)(=O)c2cc3c(cc2Cl)N[C@H](CCl)NS3)cc1)C(=O)O)C(=O)N1CCC[C@H]1C(=O)O. The molecule has 0 spiro atoms. The Hall–Kier alpha value is -2.59. The van der Waals surface area contributed by atoms with Crippen molar-refractivity contribution in [3.05, 3.63) is 52.5 Å². The third-order valence-electron chi connectivity index (χ3n) is 7.27. The molecule has 234 valence electrons. The summed E-state index contributed by atoms with van der Waals surface area (Å²) in [6, 6.07) is 7.33. The number of carbonyl (C=O) groups is 3. The second-order valence-corrected chi connectivity index (χ2v) is 13.7. The van der Waals surface area contributed by atoms with E-state index in [2.05, 4.69) is 20.1 Å². The summed E-state index contributed by atoms with van der Waals surface area (Å²) in [5.41, 5.74) is 2.21. The normalized spacial score (nSPS) is 19.7. The molecule has 4 atom stereocenters. The molecule has 1 saturated heterocycles. The van der Waals surface area contributed by atoms with Gasteiger partial charge in [-0.2, -0.15) is 0 Å². The van der Waals surface area contributed by atoms with E-state index in [0.29, 0.717) is 47.8 Å². The molecule has 0 aliphatic carbocycles. The van der Waals surface area contributed by atoms with Crippen molar-refractivity contribution >= 4 is 68.7 Å². The minimum Gasteiger partial charge on any atom is -0.480 e. The van der Waals surface area contributed by atoms with E-state index < -0.39 is 46.0 Å². The summed E-state index contributed by atoms with van der Waals surface area (Å²) >= 11 is 13.4. The van der Waals surface area contributed by atoms with Crippen molar-refractivity contribution in [2.24, 2.45) is 0 Å². The summed E-state index contributed by atoms with van der Waals surface area (Å²) in [6.45, 7) is 1.87. The fourth-order valence-corrected chi connectivity index (χ4v) is 7.64. The Morgan fingerprint density at radius 1 is 1.16 bits per heavy atom. The zero-order valence-corrected chi connectivity index (χ0v) is 26.3. The highest BCUT2D eigenvalue weighted by atomic mass is 35.5. The Morgan fingerprint density at radius 3 is 2.51 bits per heavy atom. The summed E-state index contributed by atoms with van der Waals surface area (Å²) in [5, 5.41) is 25.1. The quantitative estimate of drug-likeness (QED) is 0.136. The lowest BCUT2D eigenvalue weighted by molar-refractivity contribution is -0.149. The lowest BCUT2D eigenvalue weighted by atomic mass is 10.0. The molecule has 0 bridgehead atoms. The maximum Gasteiger partial charge on any atom is 0.326 e. The van der Waals surface area contributed by atoms with Gasteiger partial charge in [-0.3, -0.25) is 14.9 Å². The van der Waals surface area contributed by atoms with Gasteiger partial charge >= 0.3 is 11.9 Å². The molecule has 0 aromatic heterocycles. The largest absolute Gasteiger partial charge is 0.480 e. The van der Waals surface area contributed by atoms with Gasteiger partial charge in [-0.25, -0.2) is 22.7 Å². The van der Waals surface area contributed by atoms with E-state index in [1.807, 2.05) is 0 Å². The molecule has 16 heteroatoms. The van der Waals surface area contributed by atoms with Crippen molar-refractivity contribution in [1.82, 2.24) is 19.7 Å². The van der Waals surface area contributed by atoms with Gasteiger partial charge < -0.3 is 20.4 Å². The first kappa shape index (κ1) is 33.3. The molecule has 2 heterocycles. The first-order valence-electron chi connectivity index (χ1n) is 13.6. The predicted octanol–water partition coefficient (Wildman–Crippen LogP) is 2.85. The van der Waals surface area contributed by atoms with E-state index in [-0.39, 0.29) is 29.0 Å². The lowest BCUT2D eigenvalue weighted by Crippen LogP contribution is -2.53. The highest BCUT2D eigenvalue weighted by Gasteiger charge is 2.36. The molecule has 1 fully saturated rings. The summed E-state index contributed by atoms with van der Waals surface area (Å²) in [6.07, 6.45) is 1.35. The lowest BCUT2D eigenvalue weighted by Gasteiger charge is -2.27. The average molecular weight is 675 g/mol. The average Bonchev–Trinajstić information content (AvgIpc) is 3.48. The van der Waals surface area contributed by atoms with Crippen LogP contribution in [0.2, 0.25) is 5.02 Å². The second kappa shape index (κ2) is 14.5. The van der Waals surface area contributed by atoms with Crippen molar-refractivity contribution in [2.75, 3.05) is 17.7 Å². The molecule has 0 radical (unpaired) electrons. The predicted molar refractivity (Wildman–Crippen MR) is 164 cm³/mol. The number of halogens is 2. The van der Waals surface area contributed by atoms with Crippen LogP contribution in [0.3, 0.4) is 0 Å². The van der Waals surface area contributed by atoms with Crippen LogP contribution in [-0.2, 0) is 37.4 Å². The molecule has 2 aliphatic heterocycles. The fourth-order valence-electron chi connectivity index (χ4n) is 4.94. The van der Waals surface area contributed by atoms with Gasteiger partial charge in [0.25, 0.3) is 0 Å². The van der Waals surface area contributed by atoms with E-state index in [1.54, 1.807) is 30.3 Å². The molecular weight excluding hydrogens is 641 g/mol. The van der Waals surface area contributed by atoms with Crippen molar-refractivity contribution in [1.29, 1.82) is 0 Å². The zero-order chi connectivity index (χ0) is 31.3. The van der Waals surface area contributed by atoms with Gasteiger partial charge in [0.15, 0.2) is 0 Å². The van der Waals surface area contributed by atoms with Crippen molar-refractivity contribution in [3.63, 3.8) is 0 Å². The van der Waals surface area contributed by atoms with Crippen LogP contribution < -0.4 is 20.1 Å². The third kappa shape index (κ3) is 8.32. The first-order chi connectivity index (χ1) is 20.4. The van der Waals surface area contributed by atoms with Gasteiger partial charge in [-0.05, 0) is 67.8 Å². The van der Waals surface area contributed by atoms with Crippen LogP contribution in [0.4, 0.5) is 5.69 Å². The molecular formula is C27H33Cl2N5O7S2. The molecule has 1 unspecified atom stereocenters. The Bertz CT molecular complexity index is 1460. The van der Waals surface area contributed by atoms with E-state index in [9.17, 15) is 33.0 Å². The summed E-state index contributed by atoms with van der Waals surface area (Å²) in [7, 11) is -3.93. The number of aryl methyl sites for hydroxylation is 1. The van der Waals surface area contributed by atoms with Crippen molar-refractivity contribution in [3.8, 4) is 0 Å². The maximum atomic E-state index is 13.0. The van der Waals surface area contributed by atoms with E-state index in [0.717, 1.165) is 5.56 Å². The Labute approximate surface area is 264 Å². The number of nitrogens with zero attached hydrogens (tertiary/aromatic N) is 1. The molecule has 2 aromatic rings. The second-order valence-electron chi connectivity index (χ2n) is 10.3. The minimum absolute atomic E-state index is 0.0146. The van der Waals surface area contributed by atoms with E-state index in [4.69, 9.17) is 23.2 Å². The Balaban J connectivity index is 1.31. The third-order valence-corrected chi connectivity index (χ3v) is 10.4. The van der Waals surface area contributed by atoms with Crippen LogP contribution in [-0.4, -0.2) is 78.1 Å². The van der Waals surface area contributed by atoms with Crippen molar-refractivity contribution < 1.29 is 33.0 Å². The molecule has 4 rings (SSSR count). The molecule has 2 aromatic carbocycles. The van der Waals surface area contributed by atoms with Crippen LogP contribution in [0.5, 0.6) is 0 Å². The number of carboxylic acid groups (broad SMARTS) is 2. The fraction of sp³-hybridized carbons (Fsp3) is 0.444. The van der Waals surface area contributed by atoms with Gasteiger partial charge in [0.1, 0.15) is 23.1 Å². The number of likely N-dealkylation sites (tertiary alicyclic amines) is 1. The van der Waals surface area contributed by atoms with E-state index >= 15 is 0 Å². The zero-order valence-electron chi connectivity index (χ0n) is 23.2. The minimum atomic E-state index is -3.93. The number of rotatable bonds is 13. The Morgan fingerprint density at radius 2 is 1.86 bits per heavy atom. The summed E-state index contributed by atoms with van der Waals surface area (Å²) < 4.78 is 31.7. The molecule has 0 saturated carbocycles.